The molecule has 0 aromatic carbocycles. The summed E-state index contributed by atoms with van der Waals surface area (Å²) in [5.74, 6) is 1.02. The number of carbonyl (C=O) groups excluding carboxylic acids is 1. The van der Waals surface area contributed by atoms with E-state index in [0.29, 0.717) is 18.2 Å². The van der Waals surface area contributed by atoms with Crippen molar-refractivity contribution in [2.45, 2.75) is 31.9 Å². The fraction of sp³-hybridized carbons (Fsp3) is 0.615. The van der Waals surface area contributed by atoms with Crippen LogP contribution in [0.25, 0.3) is 0 Å². The zero-order valence-electron chi connectivity index (χ0n) is 10.5. The van der Waals surface area contributed by atoms with E-state index in [2.05, 4.69) is 10.1 Å². The van der Waals surface area contributed by atoms with Crippen LogP contribution in [0, 0.1) is 5.92 Å². The first-order valence-electron chi connectivity index (χ1n) is 6.25. The van der Waals surface area contributed by atoms with Crippen molar-refractivity contribution in [1.29, 1.82) is 0 Å². The van der Waals surface area contributed by atoms with Gasteiger partial charge in [0.25, 0.3) is 0 Å². The van der Waals surface area contributed by atoms with Crippen LogP contribution >= 0.6 is 0 Å². The van der Waals surface area contributed by atoms with Crippen LogP contribution in [-0.4, -0.2) is 30.8 Å². The minimum absolute atomic E-state index is 0.133. The van der Waals surface area contributed by atoms with E-state index in [9.17, 15) is 9.90 Å². The molecule has 2 atom stereocenters. The Balaban J connectivity index is 1.73. The van der Waals surface area contributed by atoms with Gasteiger partial charge in [0.15, 0.2) is 0 Å². The predicted octanol–water partition coefficient (Wildman–Crippen LogP) is 1.32. The Bertz CT molecular complexity index is 401. The number of carbonyl (C=O) groups is 1. The van der Waals surface area contributed by atoms with Gasteiger partial charge in [0, 0.05) is 0 Å². The molecule has 0 bridgehead atoms. The molecule has 0 saturated heterocycles. The van der Waals surface area contributed by atoms with E-state index in [4.69, 9.17) is 4.42 Å². The van der Waals surface area contributed by atoms with Crippen molar-refractivity contribution in [3.05, 3.63) is 23.7 Å². The lowest BCUT2D eigenvalue weighted by Gasteiger charge is -2.09. The first-order valence-corrected chi connectivity index (χ1v) is 6.25. The maximum absolute atomic E-state index is 11.2. The second kappa shape index (κ2) is 6.02. The van der Waals surface area contributed by atoms with Gasteiger partial charge in [-0.1, -0.05) is 0 Å². The van der Waals surface area contributed by atoms with Gasteiger partial charge in [-0.25, -0.2) is 4.79 Å². The molecule has 0 radical (unpaired) electrons. The third kappa shape index (κ3) is 3.34. The summed E-state index contributed by atoms with van der Waals surface area (Å²) in [4.78, 5) is 11.2. The first kappa shape index (κ1) is 13.1. The van der Waals surface area contributed by atoms with Crippen molar-refractivity contribution < 1.29 is 19.1 Å². The molecule has 18 heavy (non-hydrogen) atoms. The summed E-state index contributed by atoms with van der Waals surface area (Å²) >= 11 is 0. The summed E-state index contributed by atoms with van der Waals surface area (Å²) in [6.07, 6.45) is 2.71. The van der Waals surface area contributed by atoms with Gasteiger partial charge in [0.2, 0.25) is 5.76 Å². The minimum atomic E-state index is -0.458. The highest BCUT2D eigenvalue weighted by atomic mass is 16.5. The molecule has 100 valence electrons. The largest absolute Gasteiger partial charge is 0.463 e. The molecule has 2 unspecified atom stereocenters. The number of hydrogen-bond donors (Lipinski definition) is 2. The molecule has 0 amide bonds. The first-order chi connectivity index (χ1) is 8.69. The van der Waals surface area contributed by atoms with E-state index < -0.39 is 5.97 Å². The third-order valence-corrected chi connectivity index (χ3v) is 3.29. The maximum atomic E-state index is 11.2. The van der Waals surface area contributed by atoms with Crippen molar-refractivity contribution in [1.82, 2.24) is 5.32 Å². The van der Waals surface area contributed by atoms with Crippen LogP contribution in [0.2, 0.25) is 0 Å². The minimum Gasteiger partial charge on any atom is -0.463 e. The lowest BCUT2D eigenvalue weighted by atomic mass is 10.1. The quantitative estimate of drug-likeness (QED) is 0.774. The second-order valence-electron chi connectivity index (χ2n) is 4.72. The summed E-state index contributed by atoms with van der Waals surface area (Å²) in [5.41, 5.74) is 0. The van der Waals surface area contributed by atoms with Crippen LogP contribution in [0.3, 0.4) is 0 Å². The van der Waals surface area contributed by atoms with Crippen LogP contribution < -0.4 is 5.32 Å². The summed E-state index contributed by atoms with van der Waals surface area (Å²) in [6, 6.07) is 3.38. The van der Waals surface area contributed by atoms with Crippen LogP contribution in [-0.2, 0) is 11.3 Å². The van der Waals surface area contributed by atoms with Gasteiger partial charge in [-0.3, -0.25) is 0 Å². The van der Waals surface area contributed by atoms with Crippen LogP contribution in [0.1, 0.15) is 35.6 Å². The highest BCUT2D eigenvalue weighted by Crippen LogP contribution is 2.24. The molecule has 1 aromatic rings. The summed E-state index contributed by atoms with van der Waals surface area (Å²) in [7, 11) is 1.33. The molecule has 1 aliphatic carbocycles. The number of esters is 1. The lowest BCUT2D eigenvalue weighted by molar-refractivity contribution is 0.0563. The van der Waals surface area contributed by atoms with Crippen molar-refractivity contribution in [2.24, 2.45) is 5.92 Å². The molecule has 0 aliphatic heterocycles. The zero-order chi connectivity index (χ0) is 13.0. The number of aliphatic hydroxyl groups is 1. The van der Waals surface area contributed by atoms with Crippen molar-refractivity contribution in [3.8, 4) is 0 Å². The van der Waals surface area contributed by atoms with E-state index >= 15 is 0 Å². The van der Waals surface area contributed by atoms with E-state index in [-0.39, 0.29) is 11.9 Å². The van der Waals surface area contributed by atoms with Gasteiger partial charge in [0.05, 0.1) is 19.8 Å². The normalized spacial score (nSPS) is 23.2. The van der Waals surface area contributed by atoms with Crippen LogP contribution in [0.15, 0.2) is 16.5 Å². The van der Waals surface area contributed by atoms with Crippen LogP contribution in [0.5, 0.6) is 0 Å². The second-order valence-corrected chi connectivity index (χ2v) is 4.72. The van der Waals surface area contributed by atoms with E-state index in [1.807, 2.05) is 0 Å². The van der Waals surface area contributed by atoms with Gasteiger partial charge in [-0.05, 0) is 43.9 Å². The number of aliphatic hydroxyl groups excluding tert-OH is 1. The smallest absolute Gasteiger partial charge is 0.373 e. The number of furan rings is 1. The molecule has 5 nitrogen and oxygen atoms in total. The fourth-order valence-electron chi connectivity index (χ4n) is 2.32. The Morgan fingerprint density at radius 1 is 1.56 bits per heavy atom. The Morgan fingerprint density at radius 3 is 3.06 bits per heavy atom. The summed E-state index contributed by atoms with van der Waals surface area (Å²) in [5, 5.41) is 12.7. The molecule has 2 rings (SSSR count). The Morgan fingerprint density at radius 2 is 2.39 bits per heavy atom. The topological polar surface area (TPSA) is 71.7 Å². The number of methoxy groups -OCH3 is 1. The zero-order valence-corrected chi connectivity index (χ0v) is 10.5. The summed E-state index contributed by atoms with van der Waals surface area (Å²) < 4.78 is 9.90. The van der Waals surface area contributed by atoms with Crippen molar-refractivity contribution in [2.75, 3.05) is 13.7 Å². The van der Waals surface area contributed by atoms with Gasteiger partial charge < -0.3 is 19.6 Å². The molecule has 1 saturated carbocycles. The molecule has 1 aromatic heterocycles. The molecule has 5 heteroatoms. The number of hydrogen-bond acceptors (Lipinski definition) is 5. The van der Waals surface area contributed by atoms with Crippen LogP contribution in [0.4, 0.5) is 0 Å². The molecule has 2 N–H and O–H groups in total. The number of rotatable bonds is 5. The molecule has 1 fully saturated rings. The van der Waals surface area contributed by atoms with Crippen molar-refractivity contribution in [3.63, 3.8) is 0 Å². The standard InChI is InChI=1S/C13H19NO4/c1-17-13(16)12-5-4-11(18-12)8-14-7-9-2-3-10(15)6-9/h4-5,9-10,14-15H,2-3,6-8H2,1H3. The van der Waals surface area contributed by atoms with Gasteiger partial charge in [-0.15, -0.1) is 0 Å². The summed E-state index contributed by atoms with van der Waals surface area (Å²) in [6.45, 7) is 1.45. The Hall–Kier alpha value is -1.33. The average Bonchev–Trinajstić information content (AvgIpc) is 2.98. The molecule has 1 heterocycles. The molecular weight excluding hydrogens is 234 g/mol. The third-order valence-electron chi connectivity index (χ3n) is 3.29. The molecular formula is C13H19NO4. The van der Waals surface area contributed by atoms with E-state index in [0.717, 1.165) is 25.8 Å². The predicted molar refractivity (Wildman–Crippen MR) is 65.1 cm³/mol. The van der Waals surface area contributed by atoms with Crippen molar-refractivity contribution >= 4 is 5.97 Å². The van der Waals surface area contributed by atoms with E-state index in [1.165, 1.54) is 7.11 Å². The maximum Gasteiger partial charge on any atom is 0.373 e. The Kier molecular flexibility index (Phi) is 4.38. The monoisotopic (exact) mass is 253 g/mol. The molecule has 0 spiro atoms. The fourth-order valence-corrected chi connectivity index (χ4v) is 2.32. The lowest BCUT2D eigenvalue weighted by Crippen LogP contribution is -2.21. The highest BCUT2D eigenvalue weighted by molar-refractivity contribution is 5.86. The number of ether oxygens (including phenoxy) is 1. The number of nitrogens with one attached hydrogen (secondary N) is 1. The van der Waals surface area contributed by atoms with Gasteiger partial charge in [0.1, 0.15) is 5.76 Å². The van der Waals surface area contributed by atoms with Gasteiger partial charge >= 0.3 is 5.97 Å². The van der Waals surface area contributed by atoms with E-state index in [1.54, 1.807) is 12.1 Å². The Labute approximate surface area is 106 Å². The van der Waals surface area contributed by atoms with Gasteiger partial charge in [-0.2, -0.15) is 0 Å². The SMILES string of the molecule is COC(=O)c1ccc(CNCC2CCC(O)C2)o1. The molecule has 1 aliphatic rings. The highest BCUT2D eigenvalue weighted by Gasteiger charge is 2.22. The average molecular weight is 253 g/mol.